The van der Waals surface area contributed by atoms with E-state index in [0.717, 1.165) is 0 Å². The summed E-state index contributed by atoms with van der Waals surface area (Å²) in [5.41, 5.74) is 0. The minimum absolute atomic E-state index is 0.175. The lowest BCUT2D eigenvalue weighted by Gasteiger charge is -2.13. The Balaban J connectivity index is 3.65. The highest BCUT2D eigenvalue weighted by molar-refractivity contribution is 7.46. The van der Waals surface area contributed by atoms with Crippen molar-refractivity contribution in [2.24, 2.45) is 0 Å². The zero-order valence-corrected chi connectivity index (χ0v) is 9.32. The molecule has 0 heterocycles. The number of phosphoric acid groups is 1. The first-order chi connectivity index (χ1) is 5.49. The van der Waals surface area contributed by atoms with Gasteiger partial charge >= 0.3 is 7.82 Å². The van der Waals surface area contributed by atoms with Crippen molar-refractivity contribution in [3.8, 4) is 0 Å². The predicted octanol–water partition coefficient (Wildman–Crippen LogP) is 0.0777. The fourth-order valence-electron chi connectivity index (χ4n) is 0.414. The smallest absolute Gasteiger partial charge is 0.363 e. The SMILES string of the molecule is O=P(O)(O)OCC(COP)OP. The molecule has 2 N–H and O–H groups in total. The summed E-state index contributed by atoms with van der Waals surface area (Å²) < 4.78 is 23.7. The third-order valence-electron chi connectivity index (χ3n) is 0.903. The molecular weight excluding hydrogens is 225 g/mol. The van der Waals surface area contributed by atoms with Crippen LogP contribution in [0.3, 0.4) is 0 Å². The highest BCUT2D eigenvalue weighted by Crippen LogP contribution is 2.35. The third kappa shape index (κ3) is 7.53. The van der Waals surface area contributed by atoms with Crippen molar-refractivity contribution in [3.63, 3.8) is 0 Å². The summed E-state index contributed by atoms with van der Waals surface area (Å²) in [6.07, 6.45) is -0.514. The molecule has 12 heavy (non-hydrogen) atoms. The molecule has 0 aromatic heterocycles. The summed E-state index contributed by atoms with van der Waals surface area (Å²) in [5, 5.41) is 0. The molecule has 3 atom stereocenters. The molecule has 3 unspecified atom stereocenters. The molecule has 0 bridgehead atoms. The van der Waals surface area contributed by atoms with Crippen LogP contribution >= 0.6 is 26.8 Å². The molecule has 74 valence electrons. The standard InChI is InChI=1S/C3H11O6P3/c4-12(5,6)8-2-3(9-11)1-7-10/h3H,1-2,10-11H2,(H2,4,5,6). The Bertz CT molecular complexity index is 156. The van der Waals surface area contributed by atoms with Crippen LogP contribution in [0.5, 0.6) is 0 Å². The highest BCUT2D eigenvalue weighted by Gasteiger charge is 2.17. The molecule has 0 aromatic carbocycles. The molecule has 0 saturated heterocycles. The van der Waals surface area contributed by atoms with Gasteiger partial charge in [0.05, 0.1) is 13.2 Å². The van der Waals surface area contributed by atoms with Crippen LogP contribution in [0, 0.1) is 0 Å². The Morgan fingerprint density at radius 3 is 2.25 bits per heavy atom. The van der Waals surface area contributed by atoms with E-state index in [1.165, 1.54) is 0 Å². The van der Waals surface area contributed by atoms with E-state index in [1.807, 2.05) is 18.9 Å². The predicted molar refractivity (Wildman–Crippen MR) is 48.2 cm³/mol. The minimum Gasteiger partial charge on any atom is -0.363 e. The maximum atomic E-state index is 10.2. The van der Waals surface area contributed by atoms with Gasteiger partial charge in [-0.25, -0.2) is 4.57 Å². The summed E-state index contributed by atoms with van der Waals surface area (Å²) in [6.45, 7) is -0.0453. The molecule has 0 aliphatic rings. The van der Waals surface area contributed by atoms with Crippen molar-refractivity contribution in [3.05, 3.63) is 0 Å². The Morgan fingerprint density at radius 2 is 1.92 bits per heavy atom. The van der Waals surface area contributed by atoms with Gasteiger partial charge in [-0.15, -0.1) is 0 Å². The van der Waals surface area contributed by atoms with Crippen LogP contribution < -0.4 is 0 Å². The molecule has 0 saturated carbocycles. The molecule has 0 fully saturated rings. The van der Waals surface area contributed by atoms with Gasteiger partial charge in [-0.1, -0.05) is 0 Å². The maximum Gasteiger partial charge on any atom is 0.469 e. The molecular formula is C3H11O6P3. The van der Waals surface area contributed by atoms with Gasteiger partial charge < -0.3 is 18.8 Å². The Kier molecular flexibility index (Phi) is 6.83. The van der Waals surface area contributed by atoms with Gasteiger partial charge in [-0.2, -0.15) is 0 Å². The summed E-state index contributed by atoms with van der Waals surface area (Å²) >= 11 is 0. The van der Waals surface area contributed by atoms with Crippen LogP contribution in [0.1, 0.15) is 0 Å². The lowest BCUT2D eigenvalue weighted by molar-refractivity contribution is 0.0852. The first kappa shape index (κ1) is 12.9. The molecule has 0 spiro atoms. The molecule has 9 heteroatoms. The van der Waals surface area contributed by atoms with Crippen LogP contribution in [-0.2, 0) is 18.1 Å². The fourth-order valence-corrected chi connectivity index (χ4v) is 1.15. The van der Waals surface area contributed by atoms with E-state index in [4.69, 9.17) is 14.3 Å². The van der Waals surface area contributed by atoms with Gasteiger partial charge in [-0.05, 0) is 0 Å². The summed E-state index contributed by atoms with van der Waals surface area (Å²) in [5.74, 6) is 0. The van der Waals surface area contributed by atoms with Gasteiger partial charge in [0.25, 0.3) is 0 Å². The second-order valence-corrected chi connectivity index (χ2v) is 3.72. The van der Waals surface area contributed by atoms with E-state index >= 15 is 0 Å². The summed E-state index contributed by atoms with van der Waals surface area (Å²) in [4.78, 5) is 16.6. The average Bonchev–Trinajstić information content (AvgIpc) is 1.96. The third-order valence-corrected chi connectivity index (χ3v) is 1.97. The van der Waals surface area contributed by atoms with Gasteiger partial charge in [-0.3, -0.25) is 4.52 Å². The van der Waals surface area contributed by atoms with E-state index in [1.54, 1.807) is 0 Å². The maximum absolute atomic E-state index is 10.2. The van der Waals surface area contributed by atoms with Crippen molar-refractivity contribution in [1.82, 2.24) is 0 Å². The highest BCUT2D eigenvalue weighted by atomic mass is 31.2. The normalized spacial score (nSPS) is 14.7. The number of rotatable bonds is 6. The van der Waals surface area contributed by atoms with Crippen LogP contribution in [0.2, 0.25) is 0 Å². The Morgan fingerprint density at radius 1 is 1.33 bits per heavy atom. The quantitative estimate of drug-likeness (QED) is 0.635. The topological polar surface area (TPSA) is 85.2 Å². The van der Waals surface area contributed by atoms with Crippen molar-refractivity contribution in [2.45, 2.75) is 6.10 Å². The second kappa shape index (κ2) is 6.36. The fraction of sp³-hybridized carbons (Fsp3) is 1.00. The van der Waals surface area contributed by atoms with E-state index in [0.29, 0.717) is 0 Å². The average molecular weight is 236 g/mol. The lowest BCUT2D eigenvalue weighted by Crippen LogP contribution is -2.19. The molecule has 0 aliphatic carbocycles. The first-order valence-electron chi connectivity index (χ1n) is 2.87. The molecule has 0 aromatic rings. The van der Waals surface area contributed by atoms with Gasteiger partial charge in [0.1, 0.15) is 6.10 Å². The van der Waals surface area contributed by atoms with E-state index in [-0.39, 0.29) is 13.2 Å². The summed E-state index contributed by atoms with van der Waals surface area (Å²) in [7, 11) is -0.452. The van der Waals surface area contributed by atoms with Crippen molar-refractivity contribution in [2.75, 3.05) is 13.2 Å². The minimum atomic E-state index is -4.41. The molecule has 0 amide bonds. The summed E-state index contributed by atoms with van der Waals surface area (Å²) in [6, 6.07) is 0. The zero-order chi connectivity index (χ0) is 9.61. The van der Waals surface area contributed by atoms with Crippen molar-refractivity contribution >= 4 is 26.8 Å². The van der Waals surface area contributed by atoms with Crippen LogP contribution in [0.25, 0.3) is 0 Å². The Labute approximate surface area is 74.8 Å². The largest absolute Gasteiger partial charge is 0.469 e. The lowest BCUT2D eigenvalue weighted by atomic mass is 10.4. The van der Waals surface area contributed by atoms with Crippen LogP contribution in [-0.4, -0.2) is 29.1 Å². The monoisotopic (exact) mass is 236 g/mol. The van der Waals surface area contributed by atoms with Crippen molar-refractivity contribution < 1.29 is 27.9 Å². The second-order valence-electron chi connectivity index (χ2n) is 1.88. The first-order valence-corrected chi connectivity index (χ1v) is 5.34. The van der Waals surface area contributed by atoms with Gasteiger partial charge in [0.2, 0.25) is 0 Å². The van der Waals surface area contributed by atoms with Gasteiger partial charge in [0.15, 0.2) is 0 Å². The van der Waals surface area contributed by atoms with E-state index in [2.05, 4.69) is 9.05 Å². The van der Waals surface area contributed by atoms with E-state index < -0.39 is 13.9 Å². The zero-order valence-electron chi connectivity index (χ0n) is 6.12. The van der Waals surface area contributed by atoms with E-state index in [9.17, 15) is 4.57 Å². The molecule has 0 aliphatic heterocycles. The van der Waals surface area contributed by atoms with Gasteiger partial charge in [0, 0.05) is 18.9 Å². The Hall–Kier alpha value is 0.890. The van der Waals surface area contributed by atoms with Crippen LogP contribution in [0.4, 0.5) is 0 Å². The molecule has 6 nitrogen and oxygen atoms in total. The molecule has 0 radical (unpaired) electrons. The van der Waals surface area contributed by atoms with Crippen molar-refractivity contribution in [1.29, 1.82) is 0 Å². The number of hydrogen-bond acceptors (Lipinski definition) is 4. The molecule has 0 rings (SSSR count). The van der Waals surface area contributed by atoms with Crippen LogP contribution in [0.15, 0.2) is 0 Å². The number of phosphoric ester groups is 1. The number of hydrogen-bond donors (Lipinski definition) is 2.